The Morgan fingerprint density at radius 2 is 1.86 bits per heavy atom. The second kappa shape index (κ2) is 9.18. The van der Waals surface area contributed by atoms with Crippen molar-refractivity contribution in [2.45, 2.75) is 39.3 Å². The number of rotatable bonds is 7. The zero-order valence-corrected chi connectivity index (χ0v) is 18.3. The van der Waals surface area contributed by atoms with Gasteiger partial charge >= 0.3 is 0 Å². The molecule has 1 saturated heterocycles. The molecular formula is C22H26ClNO4S. The summed E-state index contributed by atoms with van der Waals surface area (Å²) in [4.78, 5) is 14.6. The van der Waals surface area contributed by atoms with Crippen LogP contribution >= 0.6 is 11.6 Å². The van der Waals surface area contributed by atoms with Crippen LogP contribution in [0.3, 0.4) is 0 Å². The number of hydrogen-bond acceptors (Lipinski definition) is 4. The van der Waals surface area contributed by atoms with E-state index >= 15 is 0 Å². The maximum absolute atomic E-state index is 13.0. The van der Waals surface area contributed by atoms with Crippen molar-refractivity contribution < 1.29 is 17.9 Å². The Morgan fingerprint density at radius 3 is 2.45 bits per heavy atom. The van der Waals surface area contributed by atoms with Gasteiger partial charge in [0.2, 0.25) is 0 Å². The summed E-state index contributed by atoms with van der Waals surface area (Å²) >= 11 is 5.97. The molecule has 156 valence electrons. The molecular weight excluding hydrogens is 410 g/mol. The van der Waals surface area contributed by atoms with E-state index in [1.54, 1.807) is 23.1 Å². The van der Waals surface area contributed by atoms with Crippen LogP contribution in [0.25, 0.3) is 0 Å². The van der Waals surface area contributed by atoms with Gasteiger partial charge in [0.15, 0.2) is 16.4 Å². The third-order valence-electron chi connectivity index (χ3n) is 5.24. The van der Waals surface area contributed by atoms with Gasteiger partial charge in [-0.25, -0.2) is 8.42 Å². The van der Waals surface area contributed by atoms with Crippen molar-refractivity contribution in [1.29, 1.82) is 0 Å². The molecule has 7 heteroatoms. The Labute approximate surface area is 177 Å². The quantitative estimate of drug-likeness (QED) is 0.663. The monoisotopic (exact) mass is 435 g/mol. The predicted molar refractivity (Wildman–Crippen MR) is 115 cm³/mol. The van der Waals surface area contributed by atoms with Gasteiger partial charge in [0.1, 0.15) is 5.75 Å². The molecule has 0 aliphatic carbocycles. The molecule has 29 heavy (non-hydrogen) atoms. The highest BCUT2D eigenvalue weighted by Gasteiger charge is 2.34. The maximum Gasteiger partial charge on any atom is 0.261 e. The molecule has 1 aliphatic rings. The summed E-state index contributed by atoms with van der Waals surface area (Å²) in [6.07, 6.45) is 1.40. The smallest absolute Gasteiger partial charge is 0.261 e. The first-order valence-corrected chi connectivity index (χ1v) is 11.9. The van der Waals surface area contributed by atoms with Crippen molar-refractivity contribution in [3.05, 3.63) is 64.2 Å². The Morgan fingerprint density at radius 1 is 1.17 bits per heavy atom. The number of halogens is 1. The van der Waals surface area contributed by atoms with E-state index in [1.165, 1.54) is 5.56 Å². The number of aryl methyl sites for hydroxylation is 2. The van der Waals surface area contributed by atoms with E-state index in [4.69, 9.17) is 16.3 Å². The first-order chi connectivity index (χ1) is 13.8. The molecule has 1 heterocycles. The zero-order chi connectivity index (χ0) is 21.0. The molecule has 0 spiro atoms. The molecule has 1 atom stereocenters. The molecule has 3 rings (SSSR count). The zero-order valence-electron chi connectivity index (χ0n) is 16.7. The van der Waals surface area contributed by atoms with Gasteiger partial charge < -0.3 is 9.64 Å². The predicted octanol–water partition coefficient (Wildman–Crippen LogP) is 3.81. The van der Waals surface area contributed by atoms with Crippen molar-refractivity contribution in [3.63, 3.8) is 0 Å². The number of ether oxygens (including phenoxy) is 1. The molecule has 5 nitrogen and oxygen atoms in total. The number of hydrogen-bond donors (Lipinski definition) is 0. The molecule has 2 aromatic carbocycles. The SMILES string of the molecule is CCc1ccc(CN(C(=O)COc2ccc(Cl)cc2C)[C@@H]2CCS(=O)(=O)C2)cc1. The fourth-order valence-electron chi connectivity index (χ4n) is 3.52. The molecule has 1 amide bonds. The number of sulfone groups is 1. The average molecular weight is 436 g/mol. The summed E-state index contributed by atoms with van der Waals surface area (Å²) in [6.45, 7) is 4.17. The third-order valence-corrected chi connectivity index (χ3v) is 7.23. The summed E-state index contributed by atoms with van der Waals surface area (Å²) in [5.41, 5.74) is 3.04. The highest BCUT2D eigenvalue weighted by atomic mass is 35.5. The van der Waals surface area contributed by atoms with Crippen molar-refractivity contribution in [3.8, 4) is 5.75 Å². The molecule has 0 N–H and O–H groups in total. The molecule has 2 aromatic rings. The minimum Gasteiger partial charge on any atom is -0.483 e. The minimum absolute atomic E-state index is 0.00571. The van der Waals surface area contributed by atoms with E-state index in [-0.39, 0.29) is 30.1 Å². The minimum atomic E-state index is -3.10. The second-order valence-electron chi connectivity index (χ2n) is 7.45. The average Bonchev–Trinajstić information content (AvgIpc) is 3.05. The van der Waals surface area contributed by atoms with Gasteiger partial charge in [0.25, 0.3) is 5.91 Å². The van der Waals surface area contributed by atoms with Gasteiger partial charge in [-0.15, -0.1) is 0 Å². The van der Waals surface area contributed by atoms with Crippen LogP contribution in [0.15, 0.2) is 42.5 Å². The van der Waals surface area contributed by atoms with E-state index in [0.29, 0.717) is 23.7 Å². The molecule has 0 aromatic heterocycles. The van der Waals surface area contributed by atoms with Crippen LogP contribution in [0.5, 0.6) is 5.75 Å². The number of carbonyl (C=O) groups excluding carboxylic acids is 1. The van der Waals surface area contributed by atoms with Crippen LogP contribution in [0, 0.1) is 6.92 Å². The van der Waals surface area contributed by atoms with E-state index < -0.39 is 9.84 Å². The van der Waals surface area contributed by atoms with Gasteiger partial charge in [-0.3, -0.25) is 4.79 Å². The van der Waals surface area contributed by atoms with Crippen molar-refractivity contribution >= 4 is 27.3 Å². The lowest BCUT2D eigenvalue weighted by Gasteiger charge is -2.28. The number of carbonyl (C=O) groups is 1. The van der Waals surface area contributed by atoms with Crippen LogP contribution in [0.4, 0.5) is 0 Å². The van der Waals surface area contributed by atoms with Gasteiger partial charge in [-0.2, -0.15) is 0 Å². The van der Waals surface area contributed by atoms with Crippen molar-refractivity contribution in [1.82, 2.24) is 4.90 Å². The highest BCUT2D eigenvalue weighted by Crippen LogP contribution is 2.24. The Kier molecular flexibility index (Phi) is 6.85. The molecule has 0 saturated carbocycles. The molecule has 0 unspecified atom stereocenters. The largest absolute Gasteiger partial charge is 0.483 e. The summed E-state index contributed by atoms with van der Waals surface area (Å²) in [5.74, 6) is 0.495. The fraction of sp³-hybridized carbons (Fsp3) is 0.409. The summed E-state index contributed by atoms with van der Waals surface area (Å²) in [7, 11) is -3.10. The second-order valence-corrected chi connectivity index (χ2v) is 10.1. The maximum atomic E-state index is 13.0. The number of benzene rings is 2. The third kappa shape index (κ3) is 5.73. The van der Waals surface area contributed by atoms with Crippen LogP contribution in [0.1, 0.15) is 30.0 Å². The topological polar surface area (TPSA) is 63.7 Å². The van der Waals surface area contributed by atoms with Gasteiger partial charge in [0.05, 0.1) is 11.5 Å². The summed E-state index contributed by atoms with van der Waals surface area (Å²) in [5, 5.41) is 0.606. The fourth-order valence-corrected chi connectivity index (χ4v) is 5.47. The first kappa shape index (κ1) is 21.7. The van der Waals surface area contributed by atoms with E-state index in [9.17, 15) is 13.2 Å². The lowest BCUT2D eigenvalue weighted by atomic mass is 10.1. The lowest BCUT2D eigenvalue weighted by molar-refractivity contribution is -0.136. The number of amides is 1. The van der Waals surface area contributed by atoms with Crippen molar-refractivity contribution in [2.75, 3.05) is 18.1 Å². The van der Waals surface area contributed by atoms with Crippen LogP contribution in [0.2, 0.25) is 5.02 Å². The lowest BCUT2D eigenvalue weighted by Crippen LogP contribution is -2.43. The van der Waals surface area contributed by atoms with Crippen molar-refractivity contribution in [2.24, 2.45) is 0 Å². The Balaban J connectivity index is 1.75. The first-order valence-electron chi connectivity index (χ1n) is 9.74. The van der Waals surface area contributed by atoms with Crippen LogP contribution < -0.4 is 4.74 Å². The van der Waals surface area contributed by atoms with Gasteiger partial charge in [0, 0.05) is 17.6 Å². The summed E-state index contributed by atoms with van der Waals surface area (Å²) < 4.78 is 29.7. The number of nitrogens with zero attached hydrogens (tertiary/aromatic N) is 1. The Hall–Kier alpha value is -2.05. The summed E-state index contributed by atoms with van der Waals surface area (Å²) in [6, 6.07) is 13.0. The van der Waals surface area contributed by atoms with E-state index in [1.807, 2.05) is 31.2 Å². The van der Waals surface area contributed by atoms with Crippen LogP contribution in [-0.4, -0.2) is 43.4 Å². The van der Waals surface area contributed by atoms with Gasteiger partial charge in [-0.05, 0) is 54.7 Å². The van der Waals surface area contributed by atoms with Gasteiger partial charge in [-0.1, -0.05) is 42.8 Å². The molecule has 0 bridgehead atoms. The molecule has 1 aliphatic heterocycles. The molecule has 1 fully saturated rings. The normalized spacial score (nSPS) is 17.8. The van der Waals surface area contributed by atoms with Crippen LogP contribution in [-0.2, 0) is 27.6 Å². The van der Waals surface area contributed by atoms with E-state index in [0.717, 1.165) is 17.5 Å². The standard InChI is InChI=1S/C22H26ClNO4S/c1-3-17-4-6-18(7-5-17)13-24(20-10-11-29(26,27)15-20)22(25)14-28-21-9-8-19(23)12-16(21)2/h4-9,12,20H,3,10-11,13-15H2,1-2H3/t20-/m1/s1. The van der Waals surface area contributed by atoms with E-state index in [2.05, 4.69) is 6.92 Å². The molecule has 0 radical (unpaired) electrons. The highest BCUT2D eigenvalue weighted by molar-refractivity contribution is 7.91. The Bertz CT molecular complexity index is 973.